The number of aromatic nitrogens is 2. The Kier molecular flexibility index (Phi) is 10.6. The van der Waals surface area contributed by atoms with Crippen molar-refractivity contribution in [3.05, 3.63) is 61.9 Å². The molecule has 0 aromatic carbocycles. The van der Waals surface area contributed by atoms with E-state index >= 15 is 0 Å². The SMILES string of the molecule is CCc1c(O)[nH]c(/C=C2/NC(Cc3[nH]c(/C=C4\NC(O)[C@H](C)[C@H]4CCS)c(C)c3CCC(=O)O)C(CCC(=O)O)=C2C)c1C. The zero-order chi connectivity index (χ0) is 32.3. The molecule has 0 amide bonds. The summed E-state index contributed by atoms with van der Waals surface area (Å²) in [6.45, 7) is 9.93. The van der Waals surface area contributed by atoms with Gasteiger partial charge in [0.2, 0.25) is 0 Å². The van der Waals surface area contributed by atoms with Crippen LogP contribution in [0.3, 0.4) is 0 Å². The Morgan fingerprint density at radius 2 is 1.57 bits per heavy atom. The lowest BCUT2D eigenvalue weighted by molar-refractivity contribution is -0.138. The Balaban J connectivity index is 1.72. The molecule has 0 bridgehead atoms. The van der Waals surface area contributed by atoms with Crippen LogP contribution in [0, 0.1) is 25.7 Å². The molecule has 2 aliphatic heterocycles. The number of aliphatic carboxylic acids is 2. The summed E-state index contributed by atoms with van der Waals surface area (Å²) < 4.78 is 0. The van der Waals surface area contributed by atoms with Gasteiger partial charge in [-0.15, -0.1) is 0 Å². The van der Waals surface area contributed by atoms with Gasteiger partial charge in [0.25, 0.3) is 0 Å². The number of aliphatic hydroxyl groups excluding tert-OH is 1. The molecule has 240 valence electrons. The number of carboxylic acids is 2. The molecule has 0 aliphatic carbocycles. The largest absolute Gasteiger partial charge is 0.494 e. The van der Waals surface area contributed by atoms with Gasteiger partial charge in [-0.05, 0) is 92.2 Å². The van der Waals surface area contributed by atoms with Crippen LogP contribution in [0.1, 0.15) is 85.8 Å². The molecule has 1 saturated heterocycles. The smallest absolute Gasteiger partial charge is 0.303 e. The highest BCUT2D eigenvalue weighted by Crippen LogP contribution is 2.36. The Morgan fingerprint density at radius 3 is 2.18 bits per heavy atom. The maximum absolute atomic E-state index is 11.6. The third-order valence-electron chi connectivity index (χ3n) is 9.37. The number of aliphatic hydroxyl groups is 1. The van der Waals surface area contributed by atoms with Gasteiger partial charge in [0.05, 0.1) is 6.04 Å². The van der Waals surface area contributed by atoms with E-state index in [4.69, 9.17) is 0 Å². The third-order valence-corrected chi connectivity index (χ3v) is 9.63. The summed E-state index contributed by atoms with van der Waals surface area (Å²) >= 11 is 4.42. The number of hydrogen-bond acceptors (Lipinski definition) is 7. The van der Waals surface area contributed by atoms with Crippen LogP contribution in [0.4, 0.5) is 0 Å². The van der Waals surface area contributed by atoms with Crippen LogP contribution in [0.2, 0.25) is 0 Å². The van der Waals surface area contributed by atoms with E-state index in [9.17, 15) is 30.0 Å². The lowest BCUT2D eigenvalue weighted by Gasteiger charge is -2.17. The van der Waals surface area contributed by atoms with Crippen LogP contribution in [0.25, 0.3) is 12.2 Å². The highest BCUT2D eigenvalue weighted by atomic mass is 32.1. The fraction of sp³-hybridized carbons (Fsp3) is 0.515. The second kappa shape index (κ2) is 14.0. The van der Waals surface area contributed by atoms with Crippen molar-refractivity contribution < 1.29 is 30.0 Å². The van der Waals surface area contributed by atoms with Crippen molar-refractivity contribution in [1.82, 2.24) is 20.6 Å². The molecular weight excluding hydrogens is 580 g/mol. The minimum absolute atomic E-state index is 0.00782. The maximum Gasteiger partial charge on any atom is 0.303 e. The first-order valence-electron chi connectivity index (χ1n) is 15.4. The van der Waals surface area contributed by atoms with E-state index in [1.807, 2.05) is 46.8 Å². The summed E-state index contributed by atoms with van der Waals surface area (Å²) in [5, 5.41) is 46.7. The molecule has 44 heavy (non-hydrogen) atoms. The lowest BCUT2D eigenvalue weighted by Crippen LogP contribution is -2.27. The van der Waals surface area contributed by atoms with E-state index < -0.39 is 18.2 Å². The number of aromatic amines is 2. The topological polar surface area (TPSA) is 171 Å². The van der Waals surface area contributed by atoms with E-state index in [0.29, 0.717) is 31.4 Å². The molecule has 4 atom stereocenters. The summed E-state index contributed by atoms with van der Waals surface area (Å²) in [5.41, 5.74) is 10.0. The first-order valence-corrected chi connectivity index (χ1v) is 16.0. The standard InChI is InChI=1S/C33H46N4O6S/c1-6-20-16(2)26(36-33(20)43)13-24-17(3)21(7-9-30(38)39)27(34-24)15-28-22(8-10-31(40)41)18(4)25(35-28)14-29-23(11-12-44)19(5)32(42)37-29/h13-14,19,23,27,32,34-37,42-44H,6-12,15H2,1-5H3,(H,38,39)(H,40,41)/b24-13+,29-14-/t19-,23-,27?,32?/m1/s1. The highest BCUT2D eigenvalue weighted by molar-refractivity contribution is 7.80. The van der Waals surface area contributed by atoms with Crippen LogP contribution < -0.4 is 10.6 Å². The van der Waals surface area contributed by atoms with Crippen LogP contribution in [0.15, 0.2) is 22.5 Å². The number of rotatable bonds is 13. The Bertz CT molecular complexity index is 1500. The Hall–Kier alpha value is -3.57. The number of carbonyl (C=O) groups is 2. The molecule has 8 N–H and O–H groups in total. The lowest BCUT2D eigenvalue weighted by atomic mass is 9.91. The summed E-state index contributed by atoms with van der Waals surface area (Å²) in [6, 6.07) is -0.208. The summed E-state index contributed by atoms with van der Waals surface area (Å²) in [6.07, 6.45) is 6.05. The van der Waals surface area contributed by atoms with Gasteiger partial charge in [-0.25, -0.2) is 0 Å². The second-order valence-corrected chi connectivity index (χ2v) is 12.5. The summed E-state index contributed by atoms with van der Waals surface area (Å²) in [4.78, 5) is 29.8. The van der Waals surface area contributed by atoms with Crippen molar-refractivity contribution >= 4 is 36.7 Å². The van der Waals surface area contributed by atoms with E-state index in [1.165, 1.54) is 0 Å². The van der Waals surface area contributed by atoms with Crippen LogP contribution in [-0.2, 0) is 28.9 Å². The average molecular weight is 627 g/mol. The average Bonchev–Trinajstić information content (AvgIpc) is 3.60. The number of H-pyrrole nitrogens is 2. The molecule has 10 nitrogen and oxygen atoms in total. The van der Waals surface area contributed by atoms with Gasteiger partial charge in [-0.2, -0.15) is 12.6 Å². The molecule has 11 heteroatoms. The highest BCUT2D eigenvalue weighted by Gasteiger charge is 2.35. The predicted octanol–water partition coefficient (Wildman–Crippen LogP) is 4.82. The zero-order valence-electron chi connectivity index (χ0n) is 26.2. The van der Waals surface area contributed by atoms with Crippen molar-refractivity contribution in [3.63, 3.8) is 0 Å². The Labute approximate surface area is 264 Å². The summed E-state index contributed by atoms with van der Waals surface area (Å²) in [5.74, 6) is -0.751. The van der Waals surface area contributed by atoms with Crippen LogP contribution in [-0.4, -0.2) is 60.4 Å². The second-order valence-electron chi connectivity index (χ2n) is 12.0. The maximum atomic E-state index is 11.6. The van der Waals surface area contributed by atoms with Crippen molar-refractivity contribution in [3.8, 4) is 5.88 Å². The fourth-order valence-electron chi connectivity index (χ4n) is 6.69. The van der Waals surface area contributed by atoms with Gasteiger partial charge in [-0.3, -0.25) is 9.59 Å². The molecule has 1 fully saturated rings. The van der Waals surface area contributed by atoms with E-state index in [0.717, 1.165) is 68.3 Å². The first-order chi connectivity index (χ1) is 20.9. The van der Waals surface area contributed by atoms with Gasteiger partial charge in [0.1, 0.15) is 6.23 Å². The number of carboxylic acid groups (broad SMARTS) is 2. The van der Waals surface area contributed by atoms with Gasteiger partial charge < -0.3 is 41.0 Å². The van der Waals surface area contributed by atoms with Crippen LogP contribution >= 0.6 is 12.6 Å². The molecule has 4 rings (SSSR count). The van der Waals surface area contributed by atoms with Gasteiger partial charge >= 0.3 is 11.9 Å². The zero-order valence-corrected chi connectivity index (χ0v) is 27.1. The van der Waals surface area contributed by atoms with Gasteiger partial charge in [0.15, 0.2) is 5.88 Å². The molecule has 2 aromatic heterocycles. The van der Waals surface area contributed by atoms with E-state index in [2.05, 4.69) is 33.2 Å². The number of hydrogen-bond donors (Lipinski definition) is 9. The molecule has 2 aliphatic rings. The number of nitrogens with one attached hydrogen (secondary N) is 4. The van der Waals surface area contributed by atoms with Crippen molar-refractivity contribution in [2.45, 2.75) is 91.8 Å². The predicted molar refractivity (Wildman–Crippen MR) is 174 cm³/mol. The number of aromatic hydroxyl groups is 1. The normalized spacial score (nSPS) is 23.5. The summed E-state index contributed by atoms with van der Waals surface area (Å²) in [7, 11) is 0. The quantitative estimate of drug-likeness (QED) is 0.143. The van der Waals surface area contributed by atoms with Gasteiger partial charge in [-0.1, -0.05) is 13.8 Å². The monoisotopic (exact) mass is 626 g/mol. The number of allylic oxidation sites excluding steroid dienone is 2. The van der Waals surface area contributed by atoms with Crippen molar-refractivity contribution in [2.75, 3.05) is 5.75 Å². The van der Waals surface area contributed by atoms with Crippen LogP contribution in [0.5, 0.6) is 5.88 Å². The van der Waals surface area contributed by atoms with Gasteiger partial charge in [0, 0.05) is 65.1 Å². The van der Waals surface area contributed by atoms with Crippen molar-refractivity contribution in [2.24, 2.45) is 11.8 Å². The molecular formula is C33H46N4O6S. The molecule has 4 heterocycles. The minimum Gasteiger partial charge on any atom is -0.494 e. The molecule has 0 saturated carbocycles. The first kappa shape index (κ1) is 33.3. The molecule has 2 unspecified atom stereocenters. The minimum atomic E-state index is -0.877. The van der Waals surface area contributed by atoms with E-state index in [1.54, 1.807) is 0 Å². The molecule has 2 aromatic rings. The van der Waals surface area contributed by atoms with E-state index in [-0.39, 0.29) is 36.6 Å². The molecule has 0 spiro atoms. The third kappa shape index (κ3) is 7.04. The molecule has 0 radical (unpaired) electrons. The van der Waals surface area contributed by atoms with Crippen molar-refractivity contribution in [1.29, 1.82) is 0 Å². The fourth-order valence-corrected chi connectivity index (χ4v) is 6.97. The Morgan fingerprint density at radius 1 is 0.932 bits per heavy atom. The number of thiol groups is 1.